The van der Waals surface area contributed by atoms with Gasteiger partial charge in [-0.1, -0.05) is 19.9 Å². The van der Waals surface area contributed by atoms with E-state index in [2.05, 4.69) is 10.2 Å². The highest BCUT2D eigenvalue weighted by Gasteiger charge is 2.44. The molecule has 0 radical (unpaired) electrons. The van der Waals surface area contributed by atoms with Gasteiger partial charge in [0.1, 0.15) is 30.3 Å². The van der Waals surface area contributed by atoms with Crippen molar-refractivity contribution in [3.8, 4) is 5.75 Å². The van der Waals surface area contributed by atoms with E-state index < -0.39 is 29.4 Å². The molecule has 0 saturated carbocycles. The third-order valence-electron chi connectivity index (χ3n) is 6.02. The summed E-state index contributed by atoms with van der Waals surface area (Å²) in [7, 11) is 1.41. The topological polar surface area (TPSA) is 126 Å². The fraction of sp³-hybridized carbons (Fsp3) is 0.593. The van der Waals surface area contributed by atoms with Gasteiger partial charge in [-0.3, -0.25) is 24.2 Å². The molecule has 1 aromatic carbocycles. The first-order valence-electron chi connectivity index (χ1n) is 13.1. The van der Waals surface area contributed by atoms with Gasteiger partial charge in [0.25, 0.3) is 11.8 Å². The third-order valence-corrected chi connectivity index (χ3v) is 6.02. The molecule has 0 aromatic heterocycles. The van der Waals surface area contributed by atoms with E-state index in [9.17, 15) is 24.0 Å². The Bertz CT molecular complexity index is 1010. The average molecular weight is 533 g/mol. The minimum atomic E-state index is -1.08. The van der Waals surface area contributed by atoms with Crippen LogP contribution in [0.3, 0.4) is 0 Å². The van der Waals surface area contributed by atoms with Crippen LogP contribution in [0, 0.1) is 0 Å². The lowest BCUT2D eigenvalue weighted by molar-refractivity contribution is -0.124. The minimum Gasteiger partial charge on any atom is -0.491 e. The number of piperazine rings is 1. The first-order valence-corrected chi connectivity index (χ1v) is 13.1. The lowest BCUT2D eigenvalue weighted by Crippen LogP contribution is -2.50. The molecule has 1 atom stereocenters. The van der Waals surface area contributed by atoms with Gasteiger partial charge < -0.3 is 24.5 Å². The van der Waals surface area contributed by atoms with Crippen molar-refractivity contribution in [2.24, 2.45) is 0 Å². The molecule has 1 fully saturated rings. The summed E-state index contributed by atoms with van der Waals surface area (Å²) in [4.78, 5) is 66.4. The Morgan fingerprint density at radius 3 is 2.32 bits per heavy atom. The first-order chi connectivity index (χ1) is 18.1. The molecule has 38 heavy (non-hydrogen) atoms. The minimum absolute atomic E-state index is 0.0377. The van der Waals surface area contributed by atoms with Crippen LogP contribution in [-0.4, -0.2) is 103 Å². The maximum absolute atomic E-state index is 13.2. The lowest BCUT2D eigenvalue weighted by atomic mass is 10.1. The van der Waals surface area contributed by atoms with Crippen LogP contribution in [0.5, 0.6) is 5.75 Å². The van der Waals surface area contributed by atoms with E-state index >= 15 is 0 Å². The Hall–Kier alpha value is -3.47. The fourth-order valence-electron chi connectivity index (χ4n) is 4.21. The number of nitrogens with zero attached hydrogens (tertiary/aromatic N) is 3. The second-order valence-corrected chi connectivity index (χ2v) is 9.69. The summed E-state index contributed by atoms with van der Waals surface area (Å²) >= 11 is 0. The summed E-state index contributed by atoms with van der Waals surface area (Å²) in [5, 5.41) is 2.45. The van der Waals surface area contributed by atoms with Gasteiger partial charge in [0.15, 0.2) is 0 Å². The SMILES string of the molecule is CC.CNC(=O)C(CCC=O)N1C(=O)c2cccc(OCCN3CCN(C(=O)OC(C)(C)C)CC3)c2C1=O. The molecule has 1 unspecified atom stereocenters. The largest absolute Gasteiger partial charge is 0.491 e. The summed E-state index contributed by atoms with van der Waals surface area (Å²) in [5.41, 5.74) is -0.248. The summed E-state index contributed by atoms with van der Waals surface area (Å²) in [6.45, 7) is 12.7. The predicted molar refractivity (Wildman–Crippen MR) is 141 cm³/mol. The highest BCUT2D eigenvalue weighted by Crippen LogP contribution is 2.33. The number of nitrogens with one attached hydrogen (secondary N) is 1. The molecule has 210 valence electrons. The number of hydrogen-bond acceptors (Lipinski definition) is 8. The van der Waals surface area contributed by atoms with Crippen molar-refractivity contribution in [1.29, 1.82) is 0 Å². The Morgan fingerprint density at radius 2 is 1.74 bits per heavy atom. The second-order valence-electron chi connectivity index (χ2n) is 9.69. The average Bonchev–Trinajstić information content (AvgIpc) is 3.15. The number of amides is 4. The first kappa shape index (κ1) is 30.8. The maximum Gasteiger partial charge on any atom is 0.410 e. The van der Waals surface area contributed by atoms with Gasteiger partial charge in [-0.25, -0.2) is 4.79 Å². The summed E-state index contributed by atoms with van der Waals surface area (Å²) in [5.74, 6) is -1.44. The van der Waals surface area contributed by atoms with Gasteiger partial charge in [-0.05, 0) is 39.3 Å². The Balaban J connectivity index is 0.00000247. The van der Waals surface area contributed by atoms with Gasteiger partial charge in [-0.2, -0.15) is 0 Å². The number of rotatable bonds is 9. The number of fused-ring (bicyclic) bond motifs is 1. The number of ether oxygens (including phenoxy) is 2. The Morgan fingerprint density at radius 1 is 1.08 bits per heavy atom. The predicted octanol–water partition coefficient (Wildman–Crippen LogP) is 2.33. The molecule has 11 nitrogen and oxygen atoms in total. The summed E-state index contributed by atoms with van der Waals surface area (Å²) in [6, 6.07) is 3.69. The second kappa shape index (κ2) is 13.9. The monoisotopic (exact) mass is 532 g/mol. The number of carbonyl (C=O) groups excluding carboxylic acids is 5. The van der Waals surface area contributed by atoms with E-state index in [1.54, 1.807) is 17.0 Å². The smallest absolute Gasteiger partial charge is 0.410 e. The third kappa shape index (κ3) is 7.53. The highest BCUT2D eigenvalue weighted by atomic mass is 16.6. The standard InChI is InChI=1S/C25H34N4O7.C2H6/c1-25(2,3)36-24(34)28-12-10-27(11-13-28)14-16-35-19-9-5-7-17-20(19)23(33)29(22(17)32)18(8-6-15-30)21(31)26-4;1-2/h5,7,9,15,18H,6,8,10-14,16H2,1-4H3,(H,26,31);1-2H3. The molecule has 0 spiro atoms. The number of hydrogen-bond donors (Lipinski definition) is 1. The molecule has 0 aliphatic carbocycles. The van der Waals surface area contributed by atoms with Crippen LogP contribution >= 0.6 is 0 Å². The van der Waals surface area contributed by atoms with Crippen LogP contribution in [0.1, 0.15) is 68.2 Å². The molecular formula is C27H40N4O7. The van der Waals surface area contributed by atoms with Gasteiger partial charge >= 0.3 is 6.09 Å². The quantitative estimate of drug-likeness (QED) is 0.380. The molecule has 2 aliphatic heterocycles. The zero-order valence-electron chi connectivity index (χ0n) is 23.2. The van der Waals surface area contributed by atoms with E-state index in [4.69, 9.17) is 9.47 Å². The normalized spacial score (nSPS) is 16.3. The molecule has 0 bridgehead atoms. The maximum atomic E-state index is 13.2. The number of aldehydes is 1. The van der Waals surface area contributed by atoms with E-state index in [1.807, 2.05) is 34.6 Å². The number of likely N-dealkylation sites (N-methyl/N-ethyl adjacent to an activating group) is 1. The lowest BCUT2D eigenvalue weighted by Gasteiger charge is -2.35. The molecule has 3 rings (SSSR count). The molecule has 1 aromatic rings. The zero-order chi connectivity index (χ0) is 28.5. The van der Waals surface area contributed by atoms with Crippen molar-refractivity contribution >= 4 is 30.1 Å². The fourth-order valence-corrected chi connectivity index (χ4v) is 4.21. The highest BCUT2D eigenvalue weighted by molar-refractivity contribution is 6.24. The van der Waals surface area contributed by atoms with E-state index in [0.717, 1.165) is 4.90 Å². The van der Waals surface area contributed by atoms with Gasteiger partial charge in [0, 0.05) is 46.2 Å². The molecule has 4 amide bonds. The van der Waals surface area contributed by atoms with Crippen LogP contribution < -0.4 is 10.1 Å². The van der Waals surface area contributed by atoms with Crippen LogP contribution in [0.15, 0.2) is 18.2 Å². The van der Waals surface area contributed by atoms with Crippen molar-refractivity contribution in [1.82, 2.24) is 20.0 Å². The van der Waals surface area contributed by atoms with Crippen molar-refractivity contribution < 1.29 is 33.4 Å². The van der Waals surface area contributed by atoms with Crippen LogP contribution in [0.25, 0.3) is 0 Å². The van der Waals surface area contributed by atoms with Gasteiger partial charge in [-0.15, -0.1) is 0 Å². The van der Waals surface area contributed by atoms with E-state index in [-0.39, 0.29) is 42.4 Å². The molecule has 2 aliphatic rings. The molecule has 2 heterocycles. The molecule has 11 heteroatoms. The van der Waals surface area contributed by atoms with Crippen LogP contribution in [0.4, 0.5) is 4.79 Å². The van der Waals surface area contributed by atoms with Crippen molar-refractivity contribution in [2.45, 2.75) is 59.1 Å². The van der Waals surface area contributed by atoms with E-state index in [1.165, 1.54) is 13.1 Å². The van der Waals surface area contributed by atoms with Gasteiger partial charge in [0.05, 0.1) is 11.1 Å². The summed E-state index contributed by atoms with van der Waals surface area (Å²) in [6.07, 6.45) is 0.403. The number of benzene rings is 1. The Kier molecular flexibility index (Phi) is 11.2. The van der Waals surface area contributed by atoms with Crippen molar-refractivity contribution in [2.75, 3.05) is 46.4 Å². The number of imide groups is 1. The molecule has 1 saturated heterocycles. The van der Waals surface area contributed by atoms with Crippen LogP contribution in [0.2, 0.25) is 0 Å². The van der Waals surface area contributed by atoms with Crippen LogP contribution in [-0.2, 0) is 14.3 Å². The van der Waals surface area contributed by atoms with Crippen molar-refractivity contribution in [3.63, 3.8) is 0 Å². The Labute approximate surface area is 224 Å². The summed E-state index contributed by atoms with van der Waals surface area (Å²) < 4.78 is 11.3. The van der Waals surface area contributed by atoms with Crippen molar-refractivity contribution in [3.05, 3.63) is 29.3 Å². The molecule has 1 N–H and O–H groups in total. The molecular weight excluding hydrogens is 492 g/mol. The number of carbonyl (C=O) groups is 5. The zero-order valence-corrected chi connectivity index (χ0v) is 23.2. The van der Waals surface area contributed by atoms with Gasteiger partial charge in [0.2, 0.25) is 5.91 Å². The van der Waals surface area contributed by atoms with E-state index in [0.29, 0.717) is 39.0 Å².